The lowest BCUT2D eigenvalue weighted by atomic mass is 9.96. The molecule has 0 heterocycles. The Labute approximate surface area is 113 Å². The van der Waals surface area contributed by atoms with Crippen LogP contribution in [-0.2, 0) is 4.79 Å². The van der Waals surface area contributed by atoms with E-state index in [0.717, 1.165) is 25.2 Å². The molecule has 0 amide bonds. The van der Waals surface area contributed by atoms with Gasteiger partial charge in [-0.2, -0.15) is 0 Å². The number of carboxylic acid groups (broad SMARTS) is 1. The van der Waals surface area contributed by atoms with Crippen LogP contribution in [0.3, 0.4) is 0 Å². The summed E-state index contributed by atoms with van der Waals surface area (Å²) in [5.41, 5.74) is 0. The maximum absolute atomic E-state index is 10.8. The van der Waals surface area contributed by atoms with Gasteiger partial charge in [0.15, 0.2) is 0 Å². The molecule has 2 nitrogen and oxygen atoms in total. The second-order valence-electron chi connectivity index (χ2n) is 5.68. The molecule has 18 heavy (non-hydrogen) atoms. The molecule has 0 rings (SSSR count). The summed E-state index contributed by atoms with van der Waals surface area (Å²) >= 11 is 0. The van der Waals surface area contributed by atoms with Crippen molar-refractivity contribution in [1.29, 1.82) is 0 Å². The standard InChI is InChI=1S/C16H32O2/c1-4-11-14(3)12-9-7-6-8-10-13-15(5-2)16(17)18/h14-15H,4-13H2,1-3H3,(H,17,18). The summed E-state index contributed by atoms with van der Waals surface area (Å²) < 4.78 is 0. The predicted molar refractivity (Wildman–Crippen MR) is 77.8 cm³/mol. The Kier molecular flexibility index (Phi) is 11.2. The number of aliphatic carboxylic acids is 1. The van der Waals surface area contributed by atoms with E-state index < -0.39 is 5.97 Å². The van der Waals surface area contributed by atoms with E-state index in [1.807, 2.05) is 6.92 Å². The Morgan fingerprint density at radius 2 is 1.50 bits per heavy atom. The summed E-state index contributed by atoms with van der Waals surface area (Å²) in [7, 11) is 0. The molecule has 1 N–H and O–H groups in total. The normalized spacial score (nSPS) is 14.4. The number of carboxylic acids is 1. The van der Waals surface area contributed by atoms with Gasteiger partial charge in [-0.15, -0.1) is 0 Å². The van der Waals surface area contributed by atoms with Gasteiger partial charge in [0, 0.05) is 0 Å². The van der Waals surface area contributed by atoms with E-state index in [2.05, 4.69) is 13.8 Å². The van der Waals surface area contributed by atoms with Gasteiger partial charge in [0.1, 0.15) is 0 Å². The van der Waals surface area contributed by atoms with Crippen molar-refractivity contribution < 1.29 is 9.90 Å². The van der Waals surface area contributed by atoms with Crippen LogP contribution in [0, 0.1) is 11.8 Å². The first-order valence-corrected chi connectivity index (χ1v) is 7.84. The van der Waals surface area contributed by atoms with Crippen LogP contribution >= 0.6 is 0 Å². The SMILES string of the molecule is CCCC(C)CCCCCCCC(CC)C(=O)O. The van der Waals surface area contributed by atoms with Crippen LogP contribution in [0.15, 0.2) is 0 Å². The Morgan fingerprint density at radius 1 is 0.944 bits per heavy atom. The lowest BCUT2D eigenvalue weighted by molar-refractivity contribution is -0.142. The lowest BCUT2D eigenvalue weighted by Gasteiger charge is -2.10. The molecule has 0 saturated carbocycles. The third kappa shape index (κ3) is 9.49. The van der Waals surface area contributed by atoms with Crippen LogP contribution < -0.4 is 0 Å². The van der Waals surface area contributed by atoms with Crippen LogP contribution in [0.5, 0.6) is 0 Å². The highest BCUT2D eigenvalue weighted by Gasteiger charge is 2.13. The van der Waals surface area contributed by atoms with E-state index in [0.29, 0.717) is 0 Å². The molecular weight excluding hydrogens is 224 g/mol. The molecular formula is C16H32O2. The summed E-state index contributed by atoms with van der Waals surface area (Å²) in [6.07, 6.45) is 11.9. The summed E-state index contributed by atoms with van der Waals surface area (Å²) in [6.45, 7) is 6.57. The highest BCUT2D eigenvalue weighted by Crippen LogP contribution is 2.17. The molecule has 0 spiro atoms. The van der Waals surface area contributed by atoms with Crippen LogP contribution in [0.2, 0.25) is 0 Å². The second kappa shape index (κ2) is 11.6. The average molecular weight is 256 g/mol. The molecule has 0 saturated heterocycles. The monoisotopic (exact) mass is 256 g/mol. The third-order valence-corrected chi connectivity index (χ3v) is 3.87. The maximum Gasteiger partial charge on any atom is 0.306 e. The molecule has 0 aliphatic carbocycles. The fourth-order valence-corrected chi connectivity index (χ4v) is 2.55. The quantitative estimate of drug-likeness (QED) is 0.483. The Hall–Kier alpha value is -0.530. The third-order valence-electron chi connectivity index (χ3n) is 3.87. The molecule has 0 aliphatic heterocycles. The highest BCUT2D eigenvalue weighted by atomic mass is 16.4. The second-order valence-corrected chi connectivity index (χ2v) is 5.68. The van der Waals surface area contributed by atoms with E-state index in [4.69, 9.17) is 5.11 Å². The molecule has 0 bridgehead atoms. The zero-order valence-electron chi connectivity index (χ0n) is 12.6. The van der Waals surface area contributed by atoms with E-state index in [9.17, 15) is 4.79 Å². The molecule has 108 valence electrons. The molecule has 0 aromatic rings. The van der Waals surface area contributed by atoms with Crippen molar-refractivity contribution in [3.05, 3.63) is 0 Å². The smallest absolute Gasteiger partial charge is 0.306 e. The predicted octanol–water partition coefficient (Wildman–Crippen LogP) is 5.26. The van der Waals surface area contributed by atoms with E-state index in [-0.39, 0.29) is 5.92 Å². The summed E-state index contributed by atoms with van der Waals surface area (Å²) in [5.74, 6) is 0.145. The topological polar surface area (TPSA) is 37.3 Å². The molecule has 0 fully saturated rings. The zero-order valence-corrected chi connectivity index (χ0v) is 12.6. The minimum absolute atomic E-state index is 0.116. The van der Waals surface area contributed by atoms with Gasteiger partial charge in [-0.05, 0) is 18.8 Å². The first-order chi connectivity index (χ1) is 8.61. The summed E-state index contributed by atoms with van der Waals surface area (Å²) in [5, 5.41) is 8.93. The molecule has 2 heteroatoms. The van der Waals surface area contributed by atoms with E-state index >= 15 is 0 Å². The number of hydrogen-bond donors (Lipinski definition) is 1. The van der Waals surface area contributed by atoms with Gasteiger partial charge in [-0.1, -0.05) is 72.1 Å². The summed E-state index contributed by atoms with van der Waals surface area (Å²) in [4.78, 5) is 10.8. The maximum atomic E-state index is 10.8. The van der Waals surface area contributed by atoms with Crippen molar-refractivity contribution >= 4 is 5.97 Å². The van der Waals surface area contributed by atoms with Crippen molar-refractivity contribution in [3.8, 4) is 0 Å². The van der Waals surface area contributed by atoms with Crippen LogP contribution in [0.25, 0.3) is 0 Å². The van der Waals surface area contributed by atoms with Crippen molar-refractivity contribution in [2.75, 3.05) is 0 Å². The van der Waals surface area contributed by atoms with Gasteiger partial charge in [-0.25, -0.2) is 0 Å². The minimum atomic E-state index is -0.620. The van der Waals surface area contributed by atoms with E-state index in [1.165, 1.54) is 44.9 Å². The van der Waals surface area contributed by atoms with Crippen molar-refractivity contribution in [3.63, 3.8) is 0 Å². The van der Waals surface area contributed by atoms with Crippen molar-refractivity contribution in [2.24, 2.45) is 11.8 Å². The molecule has 2 unspecified atom stereocenters. The first kappa shape index (κ1) is 17.5. The zero-order chi connectivity index (χ0) is 13.8. The van der Waals surface area contributed by atoms with Gasteiger partial charge < -0.3 is 5.11 Å². The number of unbranched alkanes of at least 4 members (excludes halogenated alkanes) is 4. The van der Waals surface area contributed by atoms with Gasteiger partial charge in [0.25, 0.3) is 0 Å². The number of carbonyl (C=O) groups is 1. The van der Waals surface area contributed by atoms with Gasteiger partial charge in [-0.3, -0.25) is 4.79 Å². The van der Waals surface area contributed by atoms with Crippen LogP contribution in [-0.4, -0.2) is 11.1 Å². The highest BCUT2D eigenvalue weighted by molar-refractivity contribution is 5.69. The Morgan fingerprint density at radius 3 is 2.00 bits per heavy atom. The summed E-state index contributed by atoms with van der Waals surface area (Å²) in [6, 6.07) is 0. The molecule has 0 aliphatic rings. The fourth-order valence-electron chi connectivity index (χ4n) is 2.55. The average Bonchev–Trinajstić information content (AvgIpc) is 2.32. The largest absolute Gasteiger partial charge is 0.481 e. The molecule has 0 aromatic heterocycles. The van der Waals surface area contributed by atoms with Gasteiger partial charge >= 0.3 is 5.97 Å². The van der Waals surface area contributed by atoms with E-state index in [1.54, 1.807) is 0 Å². The molecule has 0 aromatic carbocycles. The Balaban J connectivity index is 3.33. The minimum Gasteiger partial charge on any atom is -0.481 e. The van der Waals surface area contributed by atoms with Crippen molar-refractivity contribution in [2.45, 2.75) is 85.0 Å². The number of hydrogen-bond acceptors (Lipinski definition) is 1. The molecule has 2 atom stereocenters. The lowest BCUT2D eigenvalue weighted by Crippen LogP contribution is -2.12. The van der Waals surface area contributed by atoms with Crippen LogP contribution in [0.1, 0.15) is 85.0 Å². The fraction of sp³-hybridized carbons (Fsp3) is 0.938. The first-order valence-electron chi connectivity index (χ1n) is 7.84. The molecule has 0 radical (unpaired) electrons. The Bertz CT molecular complexity index is 201. The number of rotatable bonds is 12. The van der Waals surface area contributed by atoms with Gasteiger partial charge in [0.2, 0.25) is 0 Å². The van der Waals surface area contributed by atoms with Crippen LogP contribution in [0.4, 0.5) is 0 Å². The van der Waals surface area contributed by atoms with Gasteiger partial charge in [0.05, 0.1) is 5.92 Å². The van der Waals surface area contributed by atoms with Crippen molar-refractivity contribution in [1.82, 2.24) is 0 Å².